The Balaban J connectivity index is 1.66. The predicted molar refractivity (Wildman–Crippen MR) is 156 cm³/mol. The molecule has 2 aromatic carbocycles. The second kappa shape index (κ2) is 10.7. The van der Waals surface area contributed by atoms with Crippen molar-refractivity contribution in [2.24, 2.45) is 0 Å². The monoisotopic (exact) mass is 580 g/mol. The number of halogens is 1. The molecule has 1 aliphatic heterocycles. The summed E-state index contributed by atoms with van der Waals surface area (Å²) in [7, 11) is -0.674. The Hall–Kier alpha value is -4.12. The van der Waals surface area contributed by atoms with E-state index >= 15 is 0 Å². The lowest BCUT2D eigenvalue weighted by molar-refractivity contribution is 0.0701. The van der Waals surface area contributed by atoms with Crippen LogP contribution < -0.4 is 9.62 Å². The molecule has 0 aliphatic carbocycles. The molecular weight excluding hydrogens is 547 g/mol. The number of amides is 2. The van der Waals surface area contributed by atoms with Crippen molar-refractivity contribution in [1.82, 2.24) is 15.2 Å². The number of hydrogen-bond donors (Lipinski definition) is 2. The number of sulfonamides is 1. The van der Waals surface area contributed by atoms with E-state index in [1.165, 1.54) is 42.7 Å². The highest BCUT2D eigenvalue weighted by molar-refractivity contribution is 7.92. The van der Waals surface area contributed by atoms with Gasteiger partial charge < -0.3 is 19.6 Å². The summed E-state index contributed by atoms with van der Waals surface area (Å²) in [5.41, 5.74) is 4.65. The maximum atomic E-state index is 13.7. The number of fused-ring (bicyclic) bond motifs is 1. The molecule has 0 saturated carbocycles. The Morgan fingerprint density at radius 2 is 1.85 bits per heavy atom. The normalized spacial score (nSPS) is 15.8. The van der Waals surface area contributed by atoms with Crippen LogP contribution in [0.4, 0.5) is 10.1 Å². The fourth-order valence-corrected chi connectivity index (χ4v) is 5.96. The molecule has 2 aromatic heterocycles. The number of carbonyl (C=O) groups excluding carboxylic acids is 2. The van der Waals surface area contributed by atoms with E-state index in [-0.39, 0.29) is 23.1 Å². The van der Waals surface area contributed by atoms with E-state index in [2.05, 4.69) is 10.3 Å². The maximum absolute atomic E-state index is 13.7. The van der Waals surface area contributed by atoms with Crippen LogP contribution in [0.2, 0.25) is 0 Å². The zero-order valence-corrected chi connectivity index (χ0v) is 24.5. The van der Waals surface area contributed by atoms with Crippen LogP contribution in [0.1, 0.15) is 56.4 Å². The first kappa shape index (κ1) is 28.4. The summed E-state index contributed by atoms with van der Waals surface area (Å²) in [6.45, 7) is 4.82. The lowest BCUT2D eigenvalue weighted by Gasteiger charge is -2.34. The molecule has 2 N–H and O–H groups in total. The molecule has 0 bridgehead atoms. The first-order chi connectivity index (χ1) is 19.4. The molecule has 1 atom stereocenters. The average Bonchev–Trinajstić information content (AvgIpc) is 3.49. The maximum Gasteiger partial charge on any atom is 0.270 e. The number of hydrogen-bond acceptors (Lipinski definition) is 5. The first-order valence-corrected chi connectivity index (χ1v) is 15.2. The van der Waals surface area contributed by atoms with Gasteiger partial charge in [0.15, 0.2) is 0 Å². The number of piperidine rings is 1. The van der Waals surface area contributed by atoms with Crippen LogP contribution in [0.15, 0.2) is 46.9 Å². The van der Waals surface area contributed by atoms with Crippen LogP contribution in [-0.4, -0.2) is 63.6 Å². The van der Waals surface area contributed by atoms with Gasteiger partial charge in [-0.1, -0.05) is 0 Å². The van der Waals surface area contributed by atoms with Crippen LogP contribution in [-0.2, 0) is 10.0 Å². The number of aromatic nitrogens is 1. The minimum absolute atomic E-state index is 0.113. The molecule has 216 valence electrons. The van der Waals surface area contributed by atoms with Crippen LogP contribution in [0.25, 0.3) is 22.3 Å². The Kier molecular flexibility index (Phi) is 7.41. The molecule has 5 rings (SSSR count). The molecule has 1 fully saturated rings. The van der Waals surface area contributed by atoms with Gasteiger partial charge in [0.25, 0.3) is 11.8 Å². The van der Waals surface area contributed by atoms with Crippen molar-refractivity contribution in [3.05, 3.63) is 76.4 Å². The van der Waals surface area contributed by atoms with Crippen LogP contribution >= 0.6 is 0 Å². The van der Waals surface area contributed by atoms with Gasteiger partial charge in [-0.3, -0.25) is 13.9 Å². The van der Waals surface area contributed by atoms with Gasteiger partial charge in [0.05, 0.1) is 17.5 Å². The summed E-state index contributed by atoms with van der Waals surface area (Å²) in [6, 6.07) is 10.9. The smallest absolute Gasteiger partial charge is 0.270 e. The highest BCUT2D eigenvalue weighted by atomic mass is 32.2. The van der Waals surface area contributed by atoms with Gasteiger partial charge in [0, 0.05) is 55.8 Å². The molecule has 0 unspecified atom stereocenters. The number of likely N-dealkylation sites (tertiary alicyclic amines) is 1. The molecule has 0 radical (unpaired) electrons. The summed E-state index contributed by atoms with van der Waals surface area (Å²) in [5.74, 6) is -0.876. The SMILES string of the molecule is CNC(=O)c1c(-c2ccc(F)cc2)oc2cc(N(C)S(C)(=O)=O)c([C@H]3CCCN(C(=O)c4cc(C)c(C)[nH]4)C3)cc12. The molecule has 3 heterocycles. The second-order valence-corrected chi connectivity index (χ2v) is 12.6. The van der Waals surface area contributed by atoms with Crippen LogP contribution in [0.3, 0.4) is 0 Å². The summed E-state index contributed by atoms with van der Waals surface area (Å²) in [6.07, 6.45) is 2.57. The molecule has 11 heteroatoms. The van der Waals surface area contributed by atoms with E-state index < -0.39 is 21.7 Å². The Bertz CT molecular complexity index is 1740. The minimum Gasteiger partial charge on any atom is -0.455 e. The van der Waals surface area contributed by atoms with Crippen molar-refractivity contribution in [3.8, 4) is 11.3 Å². The number of benzene rings is 2. The third kappa shape index (κ3) is 5.33. The lowest BCUT2D eigenvalue weighted by Crippen LogP contribution is -2.39. The van der Waals surface area contributed by atoms with E-state index in [1.807, 2.05) is 19.9 Å². The van der Waals surface area contributed by atoms with Gasteiger partial charge in [-0.25, -0.2) is 12.8 Å². The quantitative estimate of drug-likeness (QED) is 0.335. The van der Waals surface area contributed by atoms with E-state index in [1.54, 1.807) is 17.0 Å². The predicted octanol–water partition coefficient (Wildman–Crippen LogP) is 4.96. The van der Waals surface area contributed by atoms with Gasteiger partial charge in [0.2, 0.25) is 10.0 Å². The standard InChI is InChI=1S/C30H33FN4O5S/c1-17-13-24(33-18(17)2)30(37)35-12-6-7-20(16-35)22-14-23-26(15-25(22)34(4)41(5,38)39)40-28(27(23)29(36)32-3)19-8-10-21(31)11-9-19/h8-11,13-15,20,33H,6-7,12,16H2,1-5H3,(H,32,36)/t20-/m0/s1. The zero-order valence-electron chi connectivity index (χ0n) is 23.7. The Morgan fingerprint density at radius 3 is 2.46 bits per heavy atom. The van der Waals surface area contributed by atoms with Gasteiger partial charge in [-0.15, -0.1) is 0 Å². The van der Waals surface area contributed by atoms with Gasteiger partial charge in [0.1, 0.15) is 22.9 Å². The van der Waals surface area contributed by atoms with Gasteiger partial charge in [-0.2, -0.15) is 0 Å². The molecule has 2 amide bonds. The molecule has 4 aromatic rings. The lowest BCUT2D eigenvalue weighted by atomic mass is 9.88. The average molecular weight is 581 g/mol. The topological polar surface area (TPSA) is 116 Å². The summed E-state index contributed by atoms with van der Waals surface area (Å²) < 4.78 is 46.4. The number of aromatic amines is 1. The fraction of sp³-hybridized carbons (Fsp3) is 0.333. The largest absolute Gasteiger partial charge is 0.455 e. The van der Waals surface area contributed by atoms with E-state index in [0.29, 0.717) is 46.6 Å². The van der Waals surface area contributed by atoms with Crippen molar-refractivity contribution in [3.63, 3.8) is 0 Å². The molecule has 1 aliphatic rings. The summed E-state index contributed by atoms with van der Waals surface area (Å²) >= 11 is 0. The number of furan rings is 1. The zero-order chi connectivity index (χ0) is 29.6. The third-order valence-corrected chi connectivity index (χ3v) is 9.08. The van der Waals surface area contributed by atoms with Gasteiger partial charge >= 0.3 is 0 Å². The summed E-state index contributed by atoms with van der Waals surface area (Å²) in [5, 5.41) is 3.16. The number of nitrogens with zero attached hydrogens (tertiary/aromatic N) is 2. The Labute approximate surface area is 238 Å². The number of aryl methyl sites for hydroxylation is 2. The molecule has 0 spiro atoms. The molecule has 41 heavy (non-hydrogen) atoms. The Morgan fingerprint density at radius 1 is 1.15 bits per heavy atom. The highest BCUT2D eigenvalue weighted by Crippen LogP contribution is 2.42. The third-order valence-electron chi connectivity index (χ3n) is 7.89. The van der Waals surface area contributed by atoms with Crippen molar-refractivity contribution in [2.75, 3.05) is 37.7 Å². The number of rotatable bonds is 6. The van der Waals surface area contributed by atoms with E-state index in [9.17, 15) is 22.4 Å². The second-order valence-electron chi connectivity index (χ2n) is 10.6. The minimum atomic E-state index is -3.66. The van der Waals surface area contributed by atoms with Crippen molar-refractivity contribution >= 4 is 38.5 Å². The first-order valence-electron chi connectivity index (χ1n) is 13.4. The molecular formula is C30H33FN4O5S. The number of carbonyl (C=O) groups is 2. The molecule has 9 nitrogen and oxygen atoms in total. The molecule has 1 saturated heterocycles. The fourth-order valence-electron chi connectivity index (χ4n) is 5.44. The number of H-pyrrole nitrogens is 1. The van der Waals surface area contributed by atoms with E-state index in [0.717, 1.165) is 30.4 Å². The van der Waals surface area contributed by atoms with Crippen LogP contribution in [0.5, 0.6) is 0 Å². The summed E-state index contributed by atoms with van der Waals surface area (Å²) in [4.78, 5) is 31.5. The van der Waals surface area contributed by atoms with E-state index in [4.69, 9.17) is 4.42 Å². The number of nitrogens with one attached hydrogen (secondary N) is 2. The van der Waals surface area contributed by atoms with Crippen molar-refractivity contribution in [2.45, 2.75) is 32.6 Å². The van der Waals surface area contributed by atoms with Crippen molar-refractivity contribution in [1.29, 1.82) is 0 Å². The highest BCUT2D eigenvalue weighted by Gasteiger charge is 2.32. The van der Waals surface area contributed by atoms with Crippen LogP contribution in [0, 0.1) is 19.7 Å². The van der Waals surface area contributed by atoms with Gasteiger partial charge in [-0.05, 0) is 74.2 Å². The number of anilines is 1. The van der Waals surface area contributed by atoms with Crippen molar-refractivity contribution < 1.29 is 26.8 Å².